The van der Waals surface area contributed by atoms with Crippen LogP contribution in [0.1, 0.15) is 47.5 Å². The van der Waals surface area contributed by atoms with Crippen LogP contribution < -0.4 is 0 Å². The van der Waals surface area contributed by atoms with E-state index in [1.807, 2.05) is 17.8 Å². The van der Waals surface area contributed by atoms with Crippen molar-refractivity contribution >= 4 is 35.1 Å². The predicted octanol–water partition coefficient (Wildman–Crippen LogP) is 3.44. The molecule has 0 saturated carbocycles. The summed E-state index contributed by atoms with van der Waals surface area (Å²) in [7, 11) is 0. The average molecular weight is 393 g/mol. The number of thioether (sulfide) groups is 1. The zero-order valence-electron chi connectivity index (χ0n) is 15.0. The number of carbonyl (C=O) groups excluding carboxylic acids is 2. The van der Waals surface area contributed by atoms with E-state index in [9.17, 15) is 9.59 Å². The van der Waals surface area contributed by atoms with Crippen LogP contribution in [-0.2, 0) is 4.79 Å². The molecular weight excluding hydrogens is 368 g/mol. The fourth-order valence-electron chi connectivity index (χ4n) is 4.46. The molecule has 2 fully saturated rings. The highest BCUT2D eigenvalue weighted by Gasteiger charge is 2.37. The highest BCUT2D eigenvalue weighted by atomic mass is 35.5. The molecule has 6 heteroatoms. The zero-order valence-corrected chi connectivity index (χ0v) is 16.5. The van der Waals surface area contributed by atoms with Crippen molar-refractivity contribution in [3.8, 4) is 0 Å². The van der Waals surface area contributed by atoms with Crippen LogP contribution in [0.5, 0.6) is 0 Å². The van der Waals surface area contributed by atoms with Crippen LogP contribution in [0.2, 0.25) is 5.02 Å². The van der Waals surface area contributed by atoms with E-state index in [0.717, 1.165) is 43.2 Å². The van der Waals surface area contributed by atoms with E-state index in [1.54, 1.807) is 12.1 Å². The molecule has 0 bridgehead atoms. The molecular formula is C20H25ClN2O2S. The van der Waals surface area contributed by atoms with Gasteiger partial charge in [-0.15, -0.1) is 0 Å². The summed E-state index contributed by atoms with van der Waals surface area (Å²) in [4.78, 5) is 30.3. The van der Waals surface area contributed by atoms with Gasteiger partial charge in [0.15, 0.2) is 5.78 Å². The molecule has 2 unspecified atom stereocenters. The standard InChI is InChI=1S/C20H25ClN2O2S/c21-14-3-4-16-18(11-14)17(5-6-19(16)24)20(25)23-9-10-26-13-15(23)12-22-7-1-2-8-22/h3-4,11,15,17H,1-2,5-10,12-13H2. The fraction of sp³-hybridized carbons (Fsp3) is 0.600. The highest BCUT2D eigenvalue weighted by molar-refractivity contribution is 7.99. The Morgan fingerprint density at radius 1 is 1.23 bits per heavy atom. The smallest absolute Gasteiger partial charge is 0.230 e. The summed E-state index contributed by atoms with van der Waals surface area (Å²) in [5.74, 6) is 2.09. The number of ketones is 1. The molecule has 2 aliphatic heterocycles. The highest BCUT2D eigenvalue weighted by Crippen LogP contribution is 2.36. The lowest BCUT2D eigenvalue weighted by Gasteiger charge is -2.40. The van der Waals surface area contributed by atoms with Crippen LogP contribution in [0.25, 0.3) is 0 Å². The first-order valence-electron chi connectivity index (χ1n) is 9.56. The normalized spacial score (nSPS) is 26.8. The van der Waals surface area contributed by atoms with Gasteiger partial charge in [0.1, 0.15) is 0 Å². The third-order valence-electron chi connectivity index (χ3n) is 5.83. The first-order valence-corrected chi connectivity index (χ1v) is 11.1. The molecule has 140 valence electrons. The van der Waals surface area contributed by atoms with Crippen LogP contribution >= 0.6 is 23.4 Å². The maximum absolute atomic E-state index is 13.5. The van der Waals surface area contributed by atoms with Crippen molar-refractivity contribution in [3.05, 3.63) is 34.3 Å². The van der Waals surface area contributed by atoms with E-state index in [0.29, 0.717) is 23.4 Å². The summed E-state index contributed by atoms with van der Waals surface area (Å²) >= 11 is 8.12. The van der Waals surface area contributed by atoms with Crippen molar-refractivity contribution in [3.63, 3.8) is 0 Å². The van der Waals surface area contributed by atoms with Crippen molar-refractivity contribution in [1.82, 2.24) is 9.80 Å². The van der Waals surface area contributed by atoms with Crippen molar-refractivity contribution in [2.24, 2.45) is 0 Å². The van der Waals surface area contributed by atoms with Crippen LogP contribution in [0.15, 0.2) is 18.2 Å². The van der Waals surface area contributed by atoms with Gasteiger partial charge in [-0.1, -0.05) is 11.6 Å². The monoisotopic (exact) mass is 392 g/mol. The third-order valence-corrected chi connectivity index (χ3v) is 7.15. The zero-order chi connectivity index (χ0) is 18.1. The Morgan fingerprint density at radius 2 is 2.04 bits per heavy atom. The second-order valence-electron chi connectivity index (χ2n) is 7.51. The van der Waals surface area contributed by atoms with Gasteiger partial charge in [0, 0.05) is 41.6 Å². The number of Topliss-reactive ketones (excluding diaryl/α,β-unsaturated/α-hetero) is 1. The van der Waals surface area contributed by atoms with Crippen LogP contribution in [-0.4, -0.2) is 65.2 Å². The molecule has 26 heavy (non-hydrogen) atoms. The number of nitrogens with zero attached hydrogens (tertiary/aromatic N) is 2. The lowest BCUT2D eigenvalue weighted by Crippen LogP contribution is -2.52. The number of fused-ring (bicyclic) bond motifs is 1. The third kappa shape index (κ3) is 3.67. The maximum Gasteiger partial charge on any atom is 0.230 e. The molecule has 1 aliphatic carbocycles. The van der Waals surface area contributed by atoms with E-state index in [2.05, 4.69) is 9.80 Å². The number of likely N-dealkylation sites (tertiary alicyclic amines) is 1. The molecule has 4 nitrogen and oxygen atoms in total. The quantitative estimate of drug-likeness (QED) is 0.790. The van der Waals surface area contributed by atoms with Gasteiger partial charge in [-0.05, 0) is 56.1 Å². The molecule has 1 aromatic rings. The van der Waals surface area contributed by atoms with Crippen molar-refractivity contribution in [2.75, 3.05) is 37.7 Å². The number of amides is 1. The topological polar surface area (TPSA) is 40.6 Å². The van der Waals surface area contributed by atoms with E-state index in [4.69, 9.17) is 11.6 Å². The lowest BCUT2D eigenvalue weighted by atomic mass is 9.81. The number of rotatable bonds is 3. The fourth-order valence-corrected chi connectivity index (χ4v) is 5.69. The molecule has 2 heterocycles. The van der Waals surface area contributed by atoms with Gasteiger partial charge < -0.3 is 9.80 Å². The summed E-state index contributed by atoms with van der Waals surface area (Å²) in [6.07, 6.45) is 3.59. The van der Waals surface area contributed by atoms with E-state index in [1.165, 1.54) is 12.8 Å². The summed E-state index contributed by atoms with van der Waals surface area (Å²) in [6, 6.07) is 5.64. The van der Waals surface area contributed by atoms with Gasteiger partial charge in [-0.3, -0.25) is 9.59 Å². The molecule has 0 N–H and O–H groups in total. The van der Waals surface area contributed by atoms with Gasteiger partial charge in [-0.25, -0.2) is 0 Å². The van der Waals surface area contributed by atoms with Crippen molar-refractivity contribution in [1.29, 1.82) is 0 Å². The molecule has 1 amide bonds. The van der Waals surface area contributed by atoms with Gasteiger partial charge >= 0.3 is 0 Å². The van der Waals surface area contributed by atoms with E-state index >= 15 is 0 Å². The van der Waals surface area contributed by atoms with Crippen molar-refractivity contribution in [2.45, 2.75) is 37.6 Å². The van der Waals surface area contributed by atoms with Gasteiger partial charge in [0.2, 0.25) is 5.91 Å². The minimum absolute atomic E-state index is 0.128. The Balaban J connectivity index is 1.56. The minimum atomic E-state index is -0.231. The Hall–Kier alpha value is -1.04. The average Bonchev–Trinajstić information content (AvgIpc) is 3.15. The van der Waals surface area contributed by atoms with E-state index in [-0.39, 0.29) is 23.7 Å². The molecule has 2 saturated heterocycles. The Kier molecular flexibility index (Phi) is 5.58. The first-order chi connectivity index (χ1) is 12.6. The second kappa shape index (κ2) is 7.91. The van der Waals surface area contributed by atoms with Gasteiger partial charge in [-0.2, -0.15) is 11.8 Å². The number of hydrogen-bond donors (Lipinski definition) is 0. The van der Waals surface area contributed by atoms with Gasteiger partial charge in [0.25, 0.3) is 0 Å². The number of carbonyl (C=O) groups is 2. The summed E-state index contributed by atoms with van der Waals surface area (Å²) in [6.45, 7) is 4.09. The molecule has 0 spiro atoms. The summed E-state index contributed by atoms with van der Waals surface area (Å²) in [5.41, 5.74) is 1.51. The van der Waals surface area contributed by atoms with E-state index < -0.39 is 0 Å². The minimum Gasteiger partial charge on any atom is -0.336 e. The molecule has 0 radical (unpaired) electrons. The predicted molar refractivity (Wildman–Crippen MR) is 106 cm³/mol. The summed E-state index contributed by atoms with van der Waals surface area (Å²) in [5, 5.41) is 0.596. The van der Waals surface area contributed by atoms with Crippen LogP contribution in [0.4, 0.5) is 0 Å². The largest absolute Gasteiger partial charge is 0.336 e. The molecule has 4 rings (SSSR count). The Morgan fingerprint density at radius 3 is 2.85 bits per heavy atom. The Labute approximate surface area is 164 Å². The molecule has 0 aromatic heterocycles. The summed E-state index contributed by atoms with van der Waals surface area (Å²) < 4.78 is 0. The first kappa shape index (κ1) is 18.3. The maximum atomic E-state index is 13.5. The second-order valence-corrected chi connectivity index (χ2v) is 9.10. The van der Waals surface area contributed by atoms with Crippen molar-refractivity contribution < 1.29 is 9.59 Å². The SMILES string of the molecule is O=C1CCC(C(=O)N2CCSCC2CN2CCCC2)c2cc(Cl)ccc21. The van der Waals surface area contributed by atoms with Crippen LogP contribution in [0.3, 0.4) is 0 Å². The van der Waals surface area contributed by atoms with Crippen LogP contribution in [0, 0.1) is 0 Å². The Bertz CT molecular complexity index is 705. The number of hydrogen-bond acceptors (Lipinski definition) is 4. The molecule has 1 aromatic carbocycles. The number of benzene rings is 1. The lowest BCUT2D eigenvalue weighted by molar-refractivity contribution is -0.135. The van der Waals surface area contributed by atoms with Gasteiger partial charge in [0.05, 0.1) is 12.0 Å². The molecule has 3 aliphatic rings. The molecule has 2 atom stereocenters. The number of halogens is 1.